The Hall–Kier alpha value is -0.570. The van der Waals surface area contributed by atoms with Crippen molar-refractivity contribution in [3.05, 3.63) is 0 Å². The fraction of sp³-hybridized carbons (Fsp3) is 0.909. The van der Waals surface area contributed by atoms with E-state index in [2.05, 4.69) is 13.8 Å². The van der Waals surface area contributed by atoms with Crippen LogP contribution in [0.4, 0.5) is 0 Å². The van der Waals surface area contributed by atoms with E-state index in [0.29, 0.717) is 6.61 Å². The van der Waals surface area contributed by atoms with Crippen LogP contribution in [0.1, 0.15) is 33.6 Å². The summed E-state index contributed by atoms with van der Waals surface area (Å²) in [5.41, 5.74) is -0.348. The van der Waals surface area contributed by atoms with E-state index >= 15 is 0 Å². The molecule has 0 aromatic rings. The predicted octanol–water partition coefficient (Wildman–Crippen LogP) is 2.00. The first kappa shape index (κ1) is 11.5. The minimum atomic E-state index is -0.420. The second-order valence-electron chi connectivity index (χ2n) is 4.96. The van der Waals surface area contributed by atoms with Crippen LogP contribution < -0.4 is 0 Å². The quantitative estimate of drug-likeness (QED) is 0.639. The van der Waals surface area contributed by atoms with Gasteiger partial charge in [-0.05, 0) is 18.3 Å². The lowest BCUT2D eigenvalue weighted by Gasteiger charge is -2.42. The monoisotopic (exact) mass is 200 g/mol. The lowest BCUT2D eigenvalue weighted by atomic mass is 9.70. The third-order valence-corrected chi connectivity index (χ3v) is 2.98. The van der Waals surface area contributed by atoms with Crippen LogP contribution in [0.3, 0.4) is 0 Å². The maximum Gasteiger partial charge on any atom is 0.314 e. The van der Waals surface area contributed by atoms with Gasteiger partial charge in [0.25, 0.3) is 0 Å². The van der Waals surface area contributed by atoms with Gasteiger partial charge in [-0.15, -0.1) is 0 Å². The lowest BCUT2D eigenvalue weighted by Crippen LogP contribution is -2.46. The Morgan fingerprint density at radius 2 is 2.07 bits per heavy atom. The Bertz CT molecular complexity index is 223. The summed E-state index contributed by atoms with van der Waals surface area (Å²) >= 11 is 0. The number of rotatable bonds is 2. The number of methoxy groups -OCH3 is 1. The molecule has 3 nitrogen and oxygen atoms in total. The summed E-state index contributed by atoms with van der Waals surface area (Å²) in [6.45, 7) is 7.49. The van der Waals surface area contributed by atoms with Crippen LogP contribution in [-0.2, 0) is 14.3 Å². The first-order valence-electron chi connectivity index (χ1n) is 5.12. The van der Waals surface area contributed by atoms with Gasteiger partial charge in [-0.25, -0.2) is 0 Å². The van der Waals surface area contributed by atoms with Crippen LogP contribution in [0.25, 0.3) is 0 Å². The molecule has 0 N–H and O–H groups in total. The van der Waals surface area contributed by atoms with Gasteiger partial charge in [0.15, 0.2) is 0 Å². The number of carbonyl (C=O) groups excluding carboxylic acids is 1. The van der Waals surface area contributed by atoms with Gasteiger partial charge in [0.1, 0.15) is 0 Å². The van der Waals surface area contributed by atoms with Crippen molar-refractivity contribution in [1.29, 1.82) is 0 Å². The Morgan fingerprint density at radius 1 is 1.43 bits per heavy atom. The molecule has 1 fully saturated rings. The summed E-state index contributed by atoms with van der Waals surface area (Å²) in [7, 11) is 1.45. The molecule has 3 heteroatoms. The average molecular weight is 200 g/mol. The van der Waals surface area contributed by atoms with Crippen molar-refractivity contribution >= 4 is 5.97 Å². The highest BCUT2D eigenvalue weighted by Gasteiger charge is 2.46. The molecular weight excluding hydrogens is 180 g/mol. The molecule has 1 saturated heterocycles. The largest absolute Gasteiger partial charge is 0.469 e. The third-order valence-electron chi connectivity index (χ3n) is 2.98. The van der Waals surface area contributed by atoms with Gasteiger partial charge >= 0.3 is 5.97 Å². The van der Waals surface area contributed by atoms with E-state index in [-0.39, 0.29) is 11.4 Å². The second kappa shape index (κ2) is 3.89. The van der Waals surface area contributed by atoms with Crippen molar-refractivity contribution in [2.45, 2.75) is 33.6 Å². The zero-order valence-electron chi connectivity index (χ0n) is 9.55. The number of hydrogen-bond acceptors (Lipinski definition) is 3. The molecule has 0 spiro atoms. The molecule has 1 unspecified atom stereocenters. The fourth-order valence-electron chi connectivity index (χ4n) is 2.26. The third kappa shape index (κ3) is 2.08. The highest BCUT2D eigenvalue weighted by atomic mass is 16.5. The van der Waals surface area contributed by atoms with Gasteiger partial charge in [0.2, 0.25) is 0 Å². The van der Waals surface area contributed by atoms with Gasteiger partial charge in [-0.1, -0.05) is 20.8 Å². The molecule has 0 saturated carbocycles. The van der Waals surface area contributed by atoms with Crippen molar-refractivity contribution in [1.82, 2.24) is 0 Å². The molecule has 0 radical (unpaired) electrons. The first-order valence-corrected chi connectivity index (χ1v) is 5.12. The van der Waals surface area contributed by atoms with Crippen molar-refractivity contribution in [2.24, 2.45) is 10.8 Å². The van der Waals surface area contributed by atoms with Gasteiger partial charge in [0, 0.05) is 0 Å². The molecule has 1 rings (SSSR count). The molecule has 0 aromatic carbocycles. The maximum absolute atomic E-state index is 11.7. The predicted molar refractivity (Wildman–Crippen MR) is 54.0 cm³/mol. The van der Waals surface area contributed by atoms with Crippen LogP contribution in [0.2, 0.25) is 0 Å². The molecule has 1 aliphatic rings. The molecule has 1 atom stereocenters. The van der Waals surface area contributed by atoms with Gasteiger partial charge in [-0.3, -0.25) is 4.79 Å². The zero-order valence-corrected chi connectivity index (χ0v) is 9.55. The standard InChI is InChI=1S/C11H20O3/c1-5-11(9(12)13-4)6-10(2,3)7-14-8-11/h5-8H2,1-4H3. The molecule has 1 heterocycles. The fourth-order valence-corrected chi connectivity index (χ4v) is 2.26. The lowest BCUT2D eigenvalue weighted by molar-refractivity contribution is -0.169. The van der Waals surface area contributed by atoms with E-state index in [1.165, 1.54) is 7.11 Å². The van der Waals surface area contributed by atoms with Gasteiger partial charge in [-0.2, -0.15) is 0 Å². The summed E-state index contributed by atoms with van der Waals surface area (Å²) in [4.78, 5) is 11.7. The van der Waals surface area contributed by atoms with Gasteiger partial charge < -0.3 is 9.47 Å². The van der Waals surface area contributed by atoms with Crippen molar-refractivity contribution in [3.63, 3.8) is 0 Å². The molecular formula is C11H20O3. The Balaban J connectivity index is 2.83. The van der Waals surface area contributed by atoms with E-state index < -0.39 is 5.41 Å². The van der Waals surface area contributed by atoms with Crippen LogP contribution in [0, 0.1) is 10.8 Å². The van der Waals surface area contributed by atoms with Crippen molar-refractivity contribution in [3.8, 4) is 0 Å². The second-order valence-corrected chi connectivity index (χ2v) is 4.96. The SMILES string of the molecule is CCC1(C(=O)OC)COCC(C)(C)C1. The Morgan fingerprint density at radius 3 is 2.50 bits per heavy atom. The number of esters is 1. The zero-order chi connectivity index (χ0) is 10.8. The summed E-state index contributed by atoms with van der Waals surface area (Å²) in [5, 5.41) is 0. The van der Waals surface area contributed by atoms with Crippen LogP contribution >= 0.6 is 0 Å². The van der Waals surface area contributed by atoms with Crippen LogP contribution in [-0.4, -0.2) is 26.3 Å². The van der Waals surface area contributed by atoms with Crippen molar-refractivity contribution < 1.29 is 14.3 Å². The summed E-state index contributed by atoms with van der Waals surface area (Å²) in [5.74, 6) is -0.132. The number of carbonyl (C=O) groups is 1. The average Bonchev–Trinajstić information content (AvgIpc) is 2.14. The first-order chi connectivity index (χ1) is 6.46. The molecule has 0 aliphatic carbocycles. The molecule has 0 aromatic heterocycles. The van der Waals surface area contributed by atoms with Crippen LogP contribution in [0.5, 0.6) is 0 Å². The summed E-state index contributed by atoms with van der Waals surface area (Å²) < 4.78 is 10.4. The minimum Gasteiger partial charge on any atom is -0.469 e. The van der Waals surface area contributed by atoms with E-state index in [1.807, 2.05) is 6.92 Å². The Labute approximate surface area is 85.8 Å². The van der Waals surface area contributed by atoms with E-state index in [4.69, 9.17) is 9.47 Å². The minimum absolute atomic E-state index is 0.0719. The maximum atomic E-state index is 11.7. The smallest absolute Gasteiger partial charge is 0.314 e. The van der Waals surface area contributed by atoms with E-state index in [1.54, 1.807) is 0 Å². The molecule has 82 valence electrons. The molecule has 1 aliphatic heterocycles. The molecule has 0 bridgehead atoms. The Kier molecular flexibility index (Phi) is 3.20. The number of hydrogen-bond donors (Lipinski definition) is 0. The number of ether oxygens (including phenoxy) is 2. The highest BCUT2D eigenvalue weighted by Crippen LogP contribution is 2.42. The molecule has 0 amide bonds. The highest BCUT2D eigenvalue weighted by molar-refractivity contribution is 5.77. The van der Waals surface area contributed by atoms with E-state index in [0.717, 1.165) is 19.4 Å². The van der Waals surface area contributed by atoms with Crippen LogP contribution in [0.15, 0.2) is 0 Å². The summed E-state index contributed by atoms with van der Waals surface area (Å²) in [6, 6.07) is 0. The van der Waals surface area contributed by atoms with Gasteiger partial charge in [0.05, 0.1) is 25.7 Å². The van der Waals surface area contributed by atoms with E-state index in [9.17, 15) is 4.79 Å². The topological polar surface area (TPSA) is 35.5 Å². The molecule has 14 heavy (non-hydrogen) atoms. The summed E-state index contributed by atoms with van der Waals surface area (Å²) in [6.07, 6.45) is 1.63. The van der Waals surface area contributed by atoms with Crippen molar-refractivity contribution in [2.75, 3.05) is 20.3 Å². The normalized spacial score (nSPS) is 31.1.